The van der Waals surface area contributed by atoms with Crippen molar-refractivity contribution in [2.75, 3.05) is 13.2 Å². The molecular formula is C11H27Cl2NO2Si2. The van der Waals surface area contributed by atoms with Gasteiger partial charge in [0.2, 0.25) is 0 Å². The Bertz CT molecular complexity index is 265. The first-order valence-corrected chi connectivity index (χ1v) is 13.7. The zero-order chi connectivity index (χ0) is 13.9. The van der Waals surface area contributed by atoms with Crippen molar-refractivity contribution in [2.45, 2.75) is 51.2 Å². The van der Waals surface area contributed by atoms with Gasteiger partial charge in [-0.3, -0.25) is 4.57 Å². The summed E-state index contributed by atoms with van der Waals surface area (Å²) in [7, 11) is -3.06. The van der Waals surface area contributed by atoms with E-state index >= 15 is 0 Å². The summed E-state index contributed by atoms with van der Waals surface area (Å²) in [5.74, 6) is 0. The average Bonchev–Trinajstić information content (AvgIpc) is 2.10. The number of alkyl carbamates (subject to hydrolysis) is 1. The minimum atomic E-state index is -1.65. The van der Waals surface area contributed by atoms with E-state index in [-0.39, 0.29) is 23.5 Å². The number of hydrogen-bond donors (Lipinski definition) is 1. The normalized spacial score (nSPS) is 15.6. The summed E-state index contributed by atoms with van der Waals surface area (Å²) in [5, 5.41) is 0.105. The summed E-state index contributed by atoms with van der Waals surface area (Å²) >= 11 is 6.46. The summed E-state index contributed by atoms with van der Waals surface area (Å²) in [6, 6.07) is 0. The fraction of sp³-hybridized carbons (Fsp3) is 0.909. The Morgan fingerprint density at radius 3 is 1.94 bits per heavy atom. The van der Waals surface area contributed by atoms with Crippen LogP contribution >= 0.6 is 11.6 Å². The van der Waals surface area contributed by atoms with Gasteiger partial charge in [-0.15, -0.1) is 11.6 Å². The van der Waals surface area contributed by atoms with E-state index in [1.54, 1.807) is 0 Å². The van der Waals surface area contributed by atoms with Gasteiger partial charge in [-0.2, -0.15) is 4.79 Å². The smallest absolute Gasteiger partial charge is 0.496 e. The third-order valence-electron chi connectivity index (χ3n) is 2.75. The van der Waals surface area contributed by atoms with Crippen LogP contribution in [0.25, 0.3) is 0 Å². The topological polar surface area (TPSA) is 30.7 Å². The molecule has 0 aromatic carbocycles. The lowest BCUT2D eigenvalue weighted by molar-refractivity contribution is -0.714. The first-order chi connectivity index (χ1) is 7.50. The molecule has 1 amide bonds. The van der Waals surface area contributed by atoms with E-state index in [2.05, 4.69) is 39.3 Å². The van der Waals surface area contributed by atoms with E-state index in [1.165, 1.54) is 0 Å². The quantitative estimate of drug-likeness (QED) is 0.536. The maximum absolute atomic E-state index is 12.0. The fourth-order valence-electron chi connectivity index (χ4n) is 1.40. The van der Waals surface area contributed by atoms with Crippen LogP contribution in [-0.2, 0) is 4.74 Å². The van der Waals surface area contributed by atoms with Gasteiger partial charge in [0.15, 0.2) is 0 Å². The van der Waals surface area contributed by atoms with E-state index in [9.17, 15) is 4.79 Å². The molecule has 0 bridgehead atoms. The Balaban J connectivity index is 0. The number of halogens is 2. The van der Waals surface area contributed by atoms with Gasteiger partial charge in [0.1, 0.15) is 0 Å². The summed E-state index contributed by atoms with van der Waals surface area (Å²) in [6.45, 7) is 16.2. The number of hydrogen-bond acceptors (Lipinski definition) is 2. The third-order valence-corrected chi connectivity index (χ3v) is 9.17. The molecule has 3 nitrogen and oxygen atoms in total. The number of rotatable bonds is 5. The van der Waals surface area contributed by atoms with Crippen molar-refractivity contribution in [3.8, 4) is 0 Å². The van der Waals surface area contributed by atoms with Crippen LogP contribution in [-0.4, -0.2) is 40.6 Å². The minimum absolute atomic E-state index is 0. The lowest BCUT2D eigenvalue weighted by atomic mass is 10.7. The van der Waals surface area contributed by atoms with Crippen LogP contribution in [0.5, 0.6) is 0 Å². The Kier molecular flexibility index (Phi) is 9.10. The van der Waals surface area contributed by atoms with E-state index < -0.39 is 16.3 Å². The zero-order valence-electron chi connectivity index (χ0n) is 12.6. The Hall–Kier alpha value is 0.444. The molecule has 0 aromatic heterocycles. The molecule has 0 saturated heterocycles. The zero-order valence-corrected chi connectivity index (χ0v) is 16.1. The van der Waals surface area contributed by atoms with Crippen LogP contribution in [0.1, 0.15) is 6.92 Å². The molecule has 0 spiro atoms. The van der Waals surface area contributed by atoms with Crippen LogP contribution < -0.4 is 17.0 Å². The van der Waals surface area contributed by atoms with E-state index in [0.29, 0.717) is 13.2 Å². The first-order valence-electron chi connectivity index (χ1n) is 6.17. The van der Waals surface area contributed by atoms with Crippen molar-refractivity contribution in [3.63, 3.8) is 0 Å². The number of nitrogens with one attached hydrogen (secondary N) is 1. The maximum atomic E-state index is 12.0. The second-order valence-electron chi connectivity index (χ2n) is 6.49. The predicted molar refractivity (Wildman–Crippen MR) is 79.2 cm³/mol. The van der Waals surface area contributed by atoms with Gasteiger partial charge in [0, 0.05) is 0 Å². The van der Waals surface area contributed by atoms with Crippen molar-refractivity contribution in [1.29, 1.82) is 0 Å². The summed E-state index contributed by atoms with van der Waals surface area (Å²) in [5.41, 5.74) is 0. The van der Waals surface area contributed by atoms with E-state index in [4.69, 9.17) is 16.3 Å². The van der Waals surface area contributed by atoms with Gasteiger partial charge >= 0.3 is 6.09 Å². The molecule has 0 radical (unpaired) electrons. The summed E-state index contributed by atoms with van der Waals surface area (Å²) in [6.07, 6.45) is -0.129. The number of alkyl halides is 1. The molecule has 0 aromatic rings. The second kappa shape index (κ2) is 7.89. The molecule has 0 aliphatic rings. The molecule has 1 N–H and O–H groups in total. The lowest BCUT2D eigenvalue weighted by Crippen LogP contribution is -3.24. The van der Waals surface area contributed by atoms with Crippen LogP contribution in [0.2, 0.25) is 39.3 Å². The standard InChI is InChI=1S/C11H26ClNO2Si2.ClH/c1-8-15-11(14)13(17(5,6)7)9-10(12)16(2,3)4;/h10H,8-9H2,1-7H3;1H. The number of quaternary nitrogens is 1. The Labute approximate surface area is 125 Å². The highest BCUT2D eigenvalue weighted by Crippen LogP contribution is 2.12. The van der Waals surface area contributed by atoms with Gasteiger partial charge in [-0.05, 0) is 26.6 Å². The first kappa shape index (κ1) is 20.8. The van der Waals surface area contributed by atoms with Crippen LogP contribution in [0.15, 0.2) is 0 Å². The molecule has 2 atom stereocenters. The molecule has 0 rings (SSSR count). The van der Waals surface area contributed by atoms with Crippen molar-refractivity contribution in [2.24, 2.45) is 0 Å². The third kappa shape index (κ3) is 7.14. The van der Waals surface area contributed by atoms with Crippen molar-refractivity contribution in [3.05, 3.63) is 0 Å². The molecular weight excluding hydrogens is 305 g/mol. The molecule has 110 valence electrons. The fourth-order valence-corrected chi connectivity index (χ4v) is 4.20. The highest BCUT2D eigenvalue weighted by molar-refractivity contribution is 6.84. The molecule has 2 unspecified atom stereocenters. The maximum Gasteiger partial charge on any atom is 0.496 e. The molecule has 7 heteroatoms. The highest BCUT2D eigenvalue weighted by Gasteiger charge is 2.41. The van der Waals surface area contributed by atoms with Crippen LogP contribution in [0, 0.1) is 0 Å². The summed E-state index contributed by atoms with van der Waals surface area (Å²) in [4.78, 5) is 12.0. The summed E-state index contributed by atoms with van der Waals surface area (Å²) < 4.78 is 6.11. The number of carbonyl (C=O) groups is 1. The van der Waals surface area contributed by atoms with Gasteiger partial charge in [0.05, 0.1) is 26.2 Å². The highest BCUT2D eigenvalue weighted by atomic mass is 35.5. The van der Waals surface area contributed by atoms with Crippen molar-refractivity contribution in [1.82, 2.24) is 0 Å². The number of ether oxygens (including phenoxy) is 1. The van der Waals surface area contributed by atoms with Gasteiger partial charge in [0.25, 0.3) is 8.24 Å². The molecule has 18 heavy (non-hydrogen) atoms. The van der Waals surface area contributed by atoms with Gasteiger partial charge in [-0.1, -0.05) is 19.6 Å². The second-order valence-corrected chi connectivity index (χ2v) is 17.9. The lowest BCUT2D eigenvalue weighted by Gasteiger charge is -2.32. The van der Waals surface area contributed by atoms with Crippen molar-refractivity contribution >= 4 is 34.0 Å². The minimum Gasteiger partial charge on any atom is -1.00 e. The van der Waals surface area contributed by atoms with Crippen LogP contribution in [0.3, 0.4) is 0 Å². The Morgan fingerprint density at radius 1 is 1.22 bits per heavy atom. The molecule has 0 heterocycles. The van der Waals surface area contributed by atoms with E-state index in [0.717, 1.165) is 4.57 Å². The largest absolute Gasteiger partial charge is 1.00 e. The molecule has 0 fully saturated rings. The number of carbonyl (C=O) groups excluding carboxylic acids is 1. The van der Waals surface area contributed by atoms with Crippen LogP contribution in [0.4, 0.5) is 4.79 Å². The van der Waals surface area contributed by atoms with Gasteiger partial charge < -0.3 is 17.1 Å². The van der Waals surface area contributed by atoms with Gasteiger partial charge in [-0.25, -0.2) is 0 Å². The predicted octanol–water partition coefficient (Wildman–Crippen LogP) is -0.648. The van der Waals surface area contributed by atoms with E-state index in [1.807, 2.05) is 6.92 Å². The molecule has 0 aliphatic heterocycles. The SMILES string of the molecule is CCOC(=O)[NH+](CC(Cl)[Si](C)(C)C)[Si](C)(C)C.[Cl-]. The number of amides is 1. The Morgan fingerprint density at radius 2 is 1.67 bits per heavy atom. The van der Waals surface area contributed by atoms with Crippen molar-refractivity contribution < 1.29 is 26.5 Å². The molecule has 0 aliphatic carbocycles. The monoisotopic (exact) mass is 331 g/mol. The molecule has 0 saturated carbocycles. The average molecular weight is 332 g/mol.